The van der Waals surface area contributed by atoms with E-state index >= 15 is 0 Å². The van der Waals surface area contributed by atoms with Crippen molar-refractivity contribution in [3.63, 3.8) is 0 Å². The van der Waals surface area contributed by atoms with Crippen LogP contribution in [0, 0.1) is 0 Å². The summed E-state index contributed by atoms with van der Waals surface area (Å²) in [5.74, 6) is 0.491. The van der Waals surface area contributed by atoms with Crippen molar-refractivity contribution in [2.75, 3.05) is 23.9 Å². The molecule has 0 radical (unpaired) electrons. The number of piperidine rings is 1. The zero-order valence-corrected chi connectivity index (χ0v) is 17.3. The van der Waals surface area contributed by atoms with E-state index in [-0.39, 0.29) is 17.8 Å². The molecule has 1 atom stereocenters. The number of carbonyl (C=O) groups is 1. The fourth-order valence-corrected chi connectivity index (χ4v) is 3.43. The van der Waals surface area contributed by atoms with Crippen molar-refractivity contribution in [3.8, 4) is 0 Å². The van der Waals surface area contributed by atoms with E-state index in [1.165, 1.54) is 0 Å². The summed E-state index contributed by atoms with van der Waals surface area (Å²) in [6, 6.07) is 0.175. The van der Waals surface area contributed by atoms with Crippen molar-refractivity contribution in [1.82, 2.24) is 15.3 Å². The minimum absolute atomic E-state index is 0.0218. The van der Waals surface area contributed by atoms with E-state index in [2.05, 4.69) is 20.2 Å². The first kappa shape index (κ1) is 20.4. The number of rotatable bonds is 5. The van der Waals surface area contributed by atoms with E-state index in [1.807, 2.05) is 27.7 Å². The minimum atomic E-state index is -0.468. The molecule has 1 aromatic heterocycles. The van der Waals surface area contributed by atoms with Gasteiger partial charge in [0.1, 0.15) is 5.88 Å². The van der Waals surface area contributed by atoms with Crippen LogP contribution in [0.15, 0.2) is 12.4 Å². The van der Waals surface area contributed by atoms with Crippen molar-refractivity contribution in [2.24, 2.45) is 0 Å². The third-order valence-corrected chi connectivity index (χ3v) is 5.97. The van der Waals surface area contributed by atoms with Gasteiger partial charge in [-0.05, 0) is 47.0 Å². The van der Waals surface area contributed by atoms with Gasteiger partial charge in [-0.25, -0.2) is 9.97 Å². The van der Waals surface area contributed by atoms with E-state index in [0.717, 1.165) is 31.3 Å². The molecule has 27 heavy (non-hydrogen) atoms. The SMILES string of the molecule is CC1(C)OB(c2cnc(N3CCCC[C@@H]3CNC(=O)CCl)nc2)OC1(C)C. The maximum Gasteiger partial charge on any atom is 0.498 e. The Hall–Kier alpha value is -1.38. The lowest BCUT2D eigenvalue weighted by molar-refractivity contribution is -0.118. The zero-order chi connectivity index (χ0) is 19.7. The Morgan fingerprint density at radius 3 is 2.48 bits per heavy atom. The molecular weight excluding hydrogens is 366 g/mol. The van der Waals surface area contributed by atoms with E-state index in [1.54, 1.807) is 12.4 Å². The molecule has 0 aromatic carbocycles. The average molecular weight is 395 g/mol. The predicted octanol–water partition coefficient (Wildman–Crippen LogP) is 1.49. The largest absolute Gasteiger partial charge is 0.498 e. The number of anilines is 1. The van der Waals surface area contributed by atoms with Gasteiger partial charge in [-0.3, -0.25) is 4.79 Å². The maximum absolute atomic E-state index is 11.5. The van der Waals surface area contributed by atoms with E-state index in [4.69, 9.17) is 20.9 Å². The van der Waals surface area contributed by atoms with Crippen LogP contribution in [0.5, 0.6) is 0 Å². The van der Waals surface area contributed by atoms with Gasteiger partial charge in [0, 0.05) is 37.0 Å². The van der Waals surface area contributed by atoms with Crippen LogP contribution in [0.1, 0.15) is 47.0 Å². The van der Waals surface area contributed by atoms with Crippen molar-refractivity contribution in [1.29, 1.82) is 0 Å². The lowest BCUT2D eigenvalue weighted by atomic mass is 9.81. The fourth-order valence-electron chi connectivity index (χ4n) is 3.34. The molecule has 3 rings (SSSR count). The number of hydrogen-bond donors (Lipinski definition) is 1. The standard InChI is InChI=1S/C18H28BClN4O3/c1-17(2)18(3,4)27-19(26-17)13-10-22-16(23-11-13)24-8-6-5-7-14(24)12-21-15(25)9-20/h10-11,14H,5-9,12H2,1-4H3,(H,21,25)/t14-/m1/s1. The third kappa shape index (κ3) is 4.38. The molecule has 7 nitrogen and oxygen atoms in total. The van der Waals surface area contributed by atoms with Gasteiger partial charge >= 0.3 is 7.12 Å². The van der Waals surface area contributed by atoms with Crippen molar-refractivity contribution < 1.29 is 14.1 Å². The van der Waals surface area contributed by atoms with Crippen LogP contribution in [-0.2, 0) is 14.1 Å². The Balaban J connectivity index is 1.69. The molecule has 9 heteroatoms. The molecule has 148 valence electrons. The Morgan fingerprint density at radius 2 is 1.89 bits per heavy atom. The van der Waals surface area contributed by atoms with Gasteiger partial charge in [0.15, 0.2) is 0 Å². The molecule has 0 unspecified atom stereocenters. The summed E-state index contributed by atoms with van der Waals surface area (Å²) in [5.41, 5.74) is 0.0190. The highest BCUT2D eigenvalue weighted by Crippen LogP contribution is 2.36. The molecule has 1 aromatic rings. The molecule has 0 aliphatic carbocycles. The van der Waals surface area contributed by atoms with Crippen LogP contribution < -0.4 is 15.7 Å². The van der Waals surface area contributed by atoms with E-state index < -0.39 is 18.3 Å². The second-order valence-electron chi connectivity index (χ2n) is 8.19. The zero-order valence-electron chi connectivity index (χ0n) is 16.5. The molecule has 3 heterocycles. The molecule has 0 saturated carbocycles. The number of amides is 1. The Morgan fingerprint density at radius 1 is 1.26 bits per heavy atom. The molecule has 1 N–H and O–H groups in total. The highest BCUT2D eigenvalue weighted by Gasteiger charge is 2.52. The number of halogens is 1. The monoisotopic (exact) mass is 394 g/mol. The summed E-state index contributed by atoms with van der Waals surface area (Å²) in [6.45, 7) is 9.52. The van der Waals surface area contributed by atoms with Gasteiger partial charge < -0.3 is 19.5 Å². The second-order valence-corrected chi connectivity index (χ2v) is 8.45. The van der Waals surface area contributed by atoms with E-state index in [0.29, 0.717) is 12.5 Å². The Kier molecular flexibility index (Phi) is 5.98. The van der Waals surface area contributed by atoms with Gasteiger partial charge in [-0.15, -0.1) is 11.6 Å². The lowest BCUT2D eigenvalue weighted by Gasteiger charge is -2.35. The van der Waals surface area contributed by atoms with Gasteiger partial charge in [0.2, 0.25) is 11.9 Å². The molecular formula is C18H28BClN4O3. The molecule has 1 amide bonds. The van der Waals surface area contributed by atoms with Crippen molar-refractivity contribution in [2.45, 2.75) is 64.2 Å². The first-order chi connectivity index (χ1) is 12.7. The quantitative estimate of drug-likeness (QED) is 0.602. The number of alkyl halides is 1. The smallest absolute Gasteiger partial charge is 0.399 e. The summed E-state index contributed by atoms with van der Waals surface area (Å²) in [6.07, 6.45) is 6.75. The molecule has 0 spiro atoms. The highest BCUT2D eigenvalue weighted by molar-refractivity contribution is 6.61. The summed E-state index contributed by atoms with van der Waals surface area (Å²) < 4.78 is 12.1. The van der Waals surface area contributed by atoms with Crippen LogP contribution in [-0.4, -0.2) is 59.2 Å². The van der Waals surface area contributed by atoms with Crippen molar-refractivity contribution >= 4 is 36.0 Å². The van der Waals surface area contributed by atoms with E-state index in [9.17, 15) is 4.79 Å². The predicted molar refractivity (Wildman–Crippen MR) is 106 cm³/mol. The van der Waals surface area contributed by atoms with Gasteiger partial charge in [0.25, 0.3) is 0 Å². The van der Waals surface area contributed by atoms with Crippen LogP contribution in [0.2, 0.25) is 0 Å². The number of hydrogen-bond acceptors (Lipinski definition) is 6. The molecule has 2 saturated heterocycles. The van der Waals surface area contributed by atoms with Gasteiger partial charge in [-0.2, -0.15) is 0 Å². The van der Waals surface area contributed by atoms with Crippen LogP contribution in [0.3, 0.4) is 0 Å². The Bertz CT molecular complexity index is 655. The molecule has 2 aliphatic heterocycles. The highest BCUT2D eigenvalue weighted by atomic mass is 35.5. The summed E-state index contributed by atoms with van der Waals surface area (Å²) >= 11 is 5.57. The third-order valence-electron chi connectivity index (χ3n) is 5.72. The maximum atomic E-state index is 11.5. The summed E-state index contributed by atoms with van der Waals surface area (Å²) in [4.78, 5) is 22.7. The van der Waals surface area contributed by atoms with Crippen LogP contribution in [0.25, 0.3) is 0 Å². The molecule has 2 fully saturated rings. The summed E-state index contributed by atoms with van der Waals surface area (Å²) in [5, 5.41) is 2.87. The lowest BCUT2D eigenvalue weighted by Crippen LogP contribution is -2.48. The van der Waals surface area contributed by atoms with Gasteiger partial charge in [0.05, 0.1) is 11.2 Å². The van der Waals surface area contributed by atoms with Crippen molar-refractivity contribution in [3.05, 3.63) is 12.4 Å². The average Bonchev–Trinajstić information content (AvgIpc) is 2.87. The number of nitrogens with zero attached hydrogens (tertiary/aromatic N) is 3. The van der Waals surface area contributed by atoms with Crippen LogP contribution in [0.4, 0.5) is 5.95 Å². The number of carbonyl (C=O) groups excluding carboxylic acids is 1. The normalized spacial score (nSPS) is 24.1. The topological polar surface area (TPSA) is 76.6 Å². The van der Waals surface area contributed by atoms with Gasteiger partial charge in [-0.1, -0.05) is 0 Å². The molecule has 0 bridgehead atoms. The summed E-state index contributed by atoms with van der Waals surface area (Å²) in [7, 11) is -0.468. The number of nitrogens with one attached hydrogen (secondary N) is 1. The first-order valence-electron chi connectivity index (χ1n) is 9.50. The molecule has 2 aliphatic rings. The Labute approximate surface area is 166 Å². The minimum Gasteiger partial charge on any atom is -0.399 e. The second kappa shape index (κ2) is 7.93. The number of aromatic nitrogens is 2. The fraction of sp³-hybridized carbons (Fsp3) is 0.722. The van der Waals surface area contributed by atoms with Crippen LogP contribution >= 0.6 is 11.6 Å². The first-order valence-corrected chi connectivity index (χ1v) is 10.0.